The van der Waals surface area contributed by atoms with E-state index in [0.717, 1.165) is 50.4 Å². The van der Waals surface area contributed by atoms with Crippen molar-refractivity contribution in [2.24, 2.45) is 7.05 Å². The smallest absolute Gasteiger partial charge is 0.138 e. The summed E-state index contributed by atoms with van der Waals surface area (Å²) in [6.07, 6.45) is 7.61. The Bertz CT molecular complexity index is 1320. The van der Waals surface area contributed by atoms with Crippen LogP contribution >= 0.6 is 0 Å². The fourth-order valence-electron chi connectivity index (χ4n) is 3.85. The largest absolute Gasteiger partial charge is 0.345 e. The lowest BCUT2D eigenvalue weighted by Crippen LogP contribution is -2.02. The summed E-state index contributed by atoms with van der Waals surface area (Å²) >= 11 is 0. The molecule has 0 atom stereocenters. The third kappa shape index (κ3) is 2.51. The van der Waals surface area contributed by atoms with Crippen molar-refractivity contribution in [1.29, 1.82) is 0 Å². The Labute approximate surface area is 162 Å². The number of aromatic nitrogens is 7. The van der Waals surface area contributed by atoms with Gasteiger partial charge in [0.15, 0.2) is 0 Å². The lowest BCUT2D eigenvalue weighted by atomic mass is 10.1. The molecule has 0 radical (unpaired) electrons. The predicted molar refractivity (Wildman–Crippen MR) is 110 cm³/mol. The van der Waals surface area contributed by atoms with E-state index < -0.39 is 0 Å². The number of rotatable bonds is 3. The van der Waals surface area contributed by atoms with E-state index in [4.69, 9.17) is 4.98 Å². The van der Waals surface area contributed by atoms with Gasteiger partial charge in [0.05, 0.1) is 29.3 Å². The number of pyridine rings is 2. The van der Waals surface area contributed by atoms with Crippen LogP contribution < -0.4 is 0 Å². The summed E-state index contributed by atoms with van der Waals surface area (Å²) in [4.78, 5) is 17.4. The highest BCUT2D eigenvalue weighted by molar-refractivity contribution is 5.95. The molecule has 0 bridgehead atoms. The molecule has 0 amide bonds. The average molecular weight is 371 g/mol. The first-order valence-electron chi connectivity index (χ1n) is 9.33. The second-order valence-electron chi connectivity index (χ2n) is 7.38. The number of H-pyrrole nitrogens is 1. The van der Waals surface area contributed by atoms with Crippen LogP contribution in [0, 0.1) is 6.92 Å². The highest BCUT2D eigenvalue weighted by atomic mass is 15.2. The van der Waals surface area contributed by atoms with Gasteiger partial charge in [-0.3, -0.25) is 9.67 Å². The summed E-state index contributed by atoms with van der Waals surface area (Å²) < 4.78 is 4.02. The monoisotopic (exact) mass is 371 g/mol. The molecule has 5 aromatic rings. The number of aromatic amines is 1. The number of aryl methyl sites for hydroxylation is 2. The maximum absolute atomic E-state index is 4.76. The molecule has 5 heterocycles. The van der Waals surface area contributed by atoms with Crippen molar-refractivity contribution < 1.29 is 0 Å². The molecule has 0 aliphatic carbocycles. The van der Waals surface area contributed by atoms with Crippen LogP contribution in [0.2, 0.25) is 0 Å². The van der Waals surface area contributed by atoms with E-state index in [1.54, 1.807) is 4.68 Å². The third-order valence-electron chi connectivity index (χ3n) is 5.08. The van der Waals surface area contributed by atoms with Gasteiger partial charge < -0.3 is 9.55 Å². The highest BCUT2D eigenvalue weighted by Crippen LogP contribution is 2.31. The van der Waals surface area contributed by atoms with Crippen LogP contribution in [0.4, 0.5) is 0 Å². The molecule has 1 N–H and O–H groups in total. The summed E-state index contributed by atoms with van der Waals surface area (Å²) in [6, 6.07) is 6.57. The Morgan fingerprint density at radius 2 is 1.93 bits per heavy atom. The Kier molecular flexibility index (Phi) is 3.58. The summed E-state index contributed by atoms with van der Waals surface area (Å²) in [6.45, 7) is 6.38. The minimum absolute atomic E-state index is 0.340. The number of nitrogens with zero attached hydrogens (tertiary/aromatic N) is 6. The first kappa shape index (κ1) is 16.7. The molecular formula is C21H21N7. The molecule has 0 spiro atoms. The molecule has 7 heteroatoms. The van der Waals surface area contributed by atoms with E-state index in [2.05, 4.69) is 50.6 Å². The van der Waals surface area contributed by atoms with Gasteiger partial charge in [-0.05, 0) is 39.0 Å². The number of hydrogen-bond donors (Lipinski definition) is 1. The first-order valence-corrected chi connectivity index (χ1v) is 9.33. The van der Waals surface area contributed by atoms with E-state index in [0.29, 0.717) is 6.04 Å². The van der Waals surface area contributed by atoms with E-state index in [9.17, 15) is 0 Å². The van der Waals surface area contributed by atoms with Crippen molar-refractivity contribution in [3.8, 4) is 22.5 Å². The lowest BCUT2D eigenvalue weighted by molar-refractivity contribution is 0.600. The topological polar surface area (TPSA) is 77.2 Å². The maximum atomic E-state index is 4.76. The first-order chi connectivity index (χ1) is 13.5. The van der Waals surface area contributed by atoms with Gasteiger partial charge in [0.1, 0.15) is 17.0 Å². The Balaban J connectivity index is 1.64. The zero-order valence-corrected chi connectivity index (χ0v) is 16.3. The summed E-state index contributed by atoms with van der Waals surface area (Å²) in [5.74, 6) is 1.01. The van der Waals surface area contributed by atoms with Gasteiger partial charge in [-0.2, -0.15) is 5.10 Å². The second kappa shape index (κ2) is 6.02. The molecule has 5 rings (SSSR count). The minimum atomic E-state index is 0.340. The van der Waals surface area contributed by atoms with Crippen LogP contribution in [0.15, 0.2) is 43.0 Å². The van der Waals surface area contributed by atoms with Crippen molar-refractivity contribution in [3.05, 3.63) is 48.8 Å². The molecule has 0 fully saturated rings. The van der Waals surface area contributed by atoms with Gasteiger partial charge >= 0.3 is 0 Å². The van der Waals surface area contributed by atoms with Gasteiger partial charge in [0, 0.05) is 42.0 Å². The second-order valence-corrected chi connectivity index (χ2v) is 7.38. The van der Waals surface area contributed by atoms with Crippen LogP contribution in [0.25, 0.3) is 44.6 Å². The van der Waals surface area contributed by atoms with Crippen molar-refractivity contribution in [3.63, 3.8) is 0 Å². The van der Waals surface area contributed by atoms with Gasteiger partial charge in [-0.1, -0.05) is 0 Å². The standard InChI is InChI=1S/C21H21N7/c1-12(2)28-13(3)25-19-10-22-18(7-20(19)28)16-9-23-21-15(16)5-6-17(26-21)14-8-24-27(4)11-14/h5-12H,1-4H3,(H,23,26). The van der Waals surface area contributed by atoms with Crippen LogP contribution in [-0.4, -0.2) is 34.3 Å². The fraction of sp³-hybridized carbons (Fsp3) is 0.238. The molecule has 0 aliphatic heterocycles. The van der Waals surface area contributed by atoms with Gasteiger partial charge in [0.25, 0.3) is 0 Å². The molecular weight excluding hydrogens is 350 g/mol. The molecule has 0 saturated heterocycles. The number of fused-ring (bicyclic) bond motifs is 2. The van der Waals surface area contributed by atoms with Crippen LogP contribution in [0.1, 0.15) is 25.7 Å². The minimum Gasteiger partial charge on any atom is -0.345 e. The molecule has 0 unspecified atom stereocenters. The fourth-order valence-corrected chi connectivity index (χ4v) is 3.85. The Hall–Kier alpha value is -3.48. The molecule has 0 aromatic carbocycles. The molecule has 0 aliphatic rings. The number of hydrogen-bond acceptors (Lipinski definition) is 4. The molecule has 0 saturated carbocycles. The number of nitrogens with one attached hydrogen (secondary N) is 1. The Morgan fingerprint density at radius 3 is 2.68 bits per heavy atom. The van der Waals surface area contributed by atoms with Crippen LogP contribution in [0.5, 0.6) is 0 Å². The van der Waals surface area contributed by atoms with Crippen molar-refractivity contribution in [2.75, 3.05) is 0 Å². The van der Waals surface area contributed by atoms with E-state index in [1.165, 1.54) is 0 Å². The quantitative estimate of drug-likeness (QED) is 0.514. The Morgan fingerprint density at radius 1 is 1.07 bits per heavy atom. The summed E-state index contributed by atoms with van der Waals surface area (Å²) in [7, 11) is 1.90. The number of imidazole rings is 1. The van der Waals surface area contributed by atoms with E-state index in [-0.39, 0.29) is 0 Å². The predicted octanol–water partition coefficient (Wildman–Crippen LogP) is 4.26. The SMILES string of the molecule is Cc1nc2cnc(-c3c[nH]c4nc(-c5cnn(C)c5)ccc34)cc2n1C(C)C. The molecule has 7 nitrogen and oxygen atoms in total. The normalized spacial score (nSPS) is 11.9. The van der Waals surface area contributed by atoms with Crippen LogP contribution in [-0.2, 0) is 7.05 Å². The third-order valence-corrected chi connectivity index (χ3v) is 5.08. The van der Waals surface area contributed by atoms with Crippen LogP contribution in [0.3, 0.4) is 0 Å². The maximum Gasteiger partial charge on any atom is 0.138 e. The van der Waals surface area contributed by atoms with Gasteiger partial charge in [-0.25, -0.2) is 9.97 Å². The highest BCUT2D eigenvalue weighted by Gasteiger charge is 2.15. The molecule has 140 valence electrons. The molecule has 28 heavy (non-hydrogen) atoms. The lowest BCUT2D eigenvalue weighted by Gasteiger charge is -2.11. The van der Waals surface area contributed by atoms with Gasteiger partial charge in [0.2, 0.25) is 0 Å². The zero-order chi connectivity index (χ0) is 19.4. The molecule has 5 aromatic heterocycles. The van der Waals surface area contributed by atoms with Gasteiger partial charge in [-0.15, -0.1) is 0 Å². The van der Waals surface area contributed by atoms with E-state index >= 15 is 0 Å². The van der Waals surface area contributed by atoms with E-state index in [1.807, 2.05) is 44.8 Å². The average Bonchev–Trinajstić information content (AvgIpc) is 3.36. The van der Waals surface area contributed by atoms with Crippen molar-refractivity contribution in [2.45, 2.75) is 26.8 Å². The summed E-state index contributed by atoms with van der Waals surface area (Å²) in [5.41, 5.74) is 6.71. The zero-order valence-electron chi connectivity index (χ0n) is 16.3. The van der Waals surface area contributed by atoms with Crippen molar-refractivity contribution in [1.82, 2.24) is 34.3 Å². The van der Waals surface area contributed by atoms with Crippen molar-refractivity contribution >= 4 is 22.1 Å². The summed E-state index contributed by atoms with van der Waals surface area (Å²) in [5, 5.41) is 5.28.